The number of anilines is 1. The molecule has 0 aliphatic heterocycles. The predicted molar refractivity (Wildman–Crippen MR) is 116 cm³/mol. The number of rotatable bonds is 4. The second-order valence-corrected chi connectivity index (χ2v) is 8.19. The second kappa shape index (κ2) is 6.87. The van der Waals surface area contributed by atoms with Gasteiger partial charge in [0.15, 0.2) is 0 Å². The van der Waals surface area contributed by atoms with Gasteiger partial charge in [0.2, 0.25) is 5.95 Å². The molecule has 0 spiro atoms. The molecule has 1 fully saturated rings. The van der Waals surface area contributed by atoms with Crippen molar-refractivity contribution >= 4 is 5.95 Å². The fraction of sp³-hybridized carbons (Fsp3) is 0.261. The number of fused-ring (bicyclic) bond motifs is 3. The quantitative estimate of drug-likeness (QED) is 0.554. The SMILES string of the molecule is Nc1nc(-c2cn(Cc3cccn(C4CC4)c3=O)nn2)c2c(n1)-c1ccccc1CC2. The number of nitrogen functional groups attached to an aromatic ring is 1. The average Bonchev–Trinajstić information content (AvgIpc) is 3.52. The van der Waals surface area contributed by atoms with Gasteiger partial charge >= 0.3 is 0 Å². The van der Waals surface area contributed by atoms with E-state index < -0.39 is 0 Å². The smallest absolute Gasteiger partial charge is 0.255 e. The van der Waals surface area contributed by atoms with Gasteiger partial charge in [-0.15, -0.1) is 5.10 Å². The van der Waals surface area contributed by atoms with Gasteiger partial charge in [0, 0.05) is 28.9 Å². The van der Waals surface area contributed by atoms with Crippen molar-refractivity contribution in [1.29, 1.82) is 0 Å². The first kappa shape index (κ1) is 18.0. The van der Waals surface area contributed by atoms with Gasteiger partial charge < -0.3 is 10.3 Å². The van der Waals surface area contributed by atoms with Crippen LogP contribution in [0.25, 0.3) is 22.6 Å². The molecule has 0 saturated heterocycles. The number of hydrogen-bond donors (Lipinski definition) is 1. The van der Waals surface area contributed by atoms with Crippen molar-refractivity contribution in [3.63, 3.8) is 0 Å². The summed E-state index contributed by atoms with van der Waals surface area (Å²) in [6.07, 6.45) is 7.57. The summed E-state index contributed by atoms with van der Waals surface area (Å²) in [7, 11) is 0. The maximum atomic E-state index is 12.7. The molecular weight excluding hydrogens is 390 g/mol. The van der Waals surface area contributed by atoms with Gasteiger partial charge in [-0.1, -0.05) is 35.5 Å². The predicted octanol–water partition coefficient (Wildman–Crippen LogP) is 2.63. The van der Waals surface area contributed by atoms with E-state index in [2.05, 4.69) is 32.4 Å². The van der Waals surface area contributed by atoms with Crippen molar-refractivity contribution < 1.29 is 0 Å². The Morgan fingerprint density at radius 1 is 1.03 bits per heavy atom. The maximum absolute atomic E-state index is 12.7. The zero-order chi connectivity index (χ0) is 20.9. The first-order chi connectivity index (χ1) is 15.2. The fourth-order valence-corrected chi connectivity index (χ4v) is 4.38. The standard InChI is InChI=1S/C23H21N7O/c24-23-25-20-17-6-2-1-4-14(17)7-10-18(20)21(26-23)19-13-29(28-27-19)12-15-5-3-11-30(22(15)31)16-8-9-16/h1-6,11,13,16H,7-10,12H2,(H2,24,25,26). The Labute approximate surface area is 178 Å². The van der Waals surface area contributed by atoms with Crippen LogP contribution >= 0.6 is 0 Å². The number of pyridine rings is 1. The van der Waals surface area contributed by atoms with Crippen molar-refractivity contribution in [3.05, 3.63) is 75.8 Å². The molecule has 0 unspecified atom stereocenters. The van der Waals surface area contributed by atoms with Gasteiger partial charge in [0.05, 0.1) is 18.4 Å². The summed E-state index contributed by atoms with van der Waals surface area (Å²) in [5.74, 6) is 0.218. The monoisotopic (exact) mass is 411 g/mol. The lowest BCUT2D eigenvalue weighted by atomic mass is 9.88. The van der Waals surface area contributed by atoms with Crippen molar-refractivity contribution in [3.8, 4) is 22.6 Å². The van der Waals surface area contributed by atoms with Crippen LogP contribution in [0.3, 0.4) is 0 Å². The first-order valence-electron chi connectivity index (χ1n) is 10.5. The summed E-state index contributed by atoms with van der Waals surface area (Å²) in [6, 6.07) is 12.4. The molecule has 0 atom stereocenters. The third-order valence-corrected chi connectivity index (χ3v) is 6.05. The molecule has 1 aromatic carbocycles. The molecule has 8 heteroatoms. The number of aryl methyl sites for hydroxylation is 1. The molecule has 6 rings (SSSR count). The van der Waals surface area contributed by atoms with Gasteiger partial charge in [0.1, 0.15) is 11.4 Å². The Bertz CT molecular complexity index is 1370. The minimum Gasteiger partial charge on any atom is -0.368 e. The van der Waals surface area contributed by atoms with E-state index >= 15 is 0 Å². The van der Waals surface area contributed by atoms with E-state index in [0.29, 0.717) is 29.5 Å². The van der Waals surface area contributed by atoms with Gasteiger partial charge in [-0.2, -0.15) is 0 Å². The molecule has 3 heterocycles. The Hall–Kier alpha value is -3.81. The molecule has 8 nitrogen and oxygen atoms in total. The highest BCUT2D eigenvalue weighted by Gasteiger charge is 2.26. The fourth-order valence-electron chi connectivity index (χ4n) is 4.38. The van der Waals surface area contributed by atoms with Gasteiger partial charge in [-0.25, -0.2) is 14.6 Å². The topological polar surface area (TPSA) is 105 Å². The summed E-state index contributed by atoms with van der Waals surface area (Å²) in [4.78, 5) is 21.8. The lowest BCUT2D eigenvalue weighted by molar-refractivity contribution is 0.627. The van der Waals surface area contributed by atoms with Crippen LogP contribution in [0, 0.1) is 0 Å². The number of nitrogens with zero attached hydrogens (tertiary/aromatic N) is 6. The molecular formula is C23H21N7O. The Kier molecular flexibility index (Phi) is 3.99. The molecule has 1 saturated carbocycles. The normalized spacial score (nSPS) is 14.8. The van der Waals surface area contributed by atoms with Crippen LogP contribution in [0.4, 0.5) is 5.95 Å². The molecule has 2 aliphatic rings. The largest absolute Gasteiger partial charge is 0.368 e. The summed E-state index contributed by atoms with van der Waals surface area (Å²) in [6.45, 7) is 0.366. The van der Waals surface area contributed by atoms with Crippen LogP contribution in [0.2, 0.25) is 0 Å². The lowest BCUT2D eigenvalue weighted by Crippen LogP contribution is -2.23. The van der Waals surface area contributed by atoms with Crippen LogP contribution in [0.15, 0.2) is 53.6 Å². The number of nitrogens with two attached hydrogens (primary N) is 1. The molecule has 2 aliphatic carbocycles. The molecule has 154 valence electrons. The van der Waals surface area contributed by atoms with E-state index in [4.69, 9.17) is 5.73 Å². The summed E-state index contributed by atoms with van der Waals surface area (Å²) >= 11 is 0. The molecule has 0 amide bonds. The Morgan fingerprint density at radius 2 is 1.87 bits per heavy atom. The van der Waals surface area contributed by atoms with E-state index in [1.807, 2.05) is 41.2 Å². The van der Waals surface area contributed by atoms with E-state index in [-0.39, 0.29) is 11.5 Å². The third-order valence-electron chi connectivity index (χ3n) is 6.05. The molecule has 31 heavy (non-hydrogen) atoms. The lowest BCUT2D eigenvalue weighted by Gasteiger charge is -2.20. The zero-order valence-corrected chi connectivity index (χ0v) is 16.9. The highest BCUT2D eigenvalue weighted by atomic mass is 16.1. The average molecular weight is 411 g/mol. The van der Waals surface area contributed by atoms with E-state index in [0.717, 1.165) is 42.5 Å². The Morgan fingerprint density at radius 3 is 2.74 bits per heavy atom. The van der Waals surface area contributed by atoms with E-state index in [1.165, 1.54) is 5.56 Å². The number of aromatic nitrogens is 6. The van der Waals surface area contributed by atoms with Crippen LogP contribution in [0.5, 0.6) is 0 Å². The summed E-state index contributed by atoms with van der Waals surface area (Å²) < 4.78 is 3.51. The van der Waals surface area contributed by atoms with Gasteiger partial charge in [-0.3, -0.25) is 4.79 Å². The van der Waals surface area contributed by atoms with Crippen LogP contribution in [0.1, 0.15) is 35.6 Å². The van der Waals surface area contributed by atoms with Crippen LogP contribution in [-0.2, 0) is 19.4 Å². The van der Waals surface area contributed by atoms with Crippen molar-refractivity contribution in [2.75, 3.05) is 5.73 Å². The van der Waals surface area contributed by atoms with Crippen molar-refractivity contribution in [1.82, 2.24) is 29.5 Å². The zero-order valence-electron chi connectivity index (χ0n) is 16.9. The van der Waals surface area contributed by atoms with E-state index in [9.17, 15) is 4.79 Å². The maximum Gasteiger partial charge on any atom is 0.255 e. The second-order valence-electron chi connectivity index (χ2n) is 8.19. The third kappa shape index (κ3) is 3.11. The van der Waals surface area contributed by atoms with Gasteiger partial charge in [0.25, 0.3) is 5.56 Å². The van der Waals surface area contributed by atoms with Crippen LogP contribution < -0.4 is 11.3 Å². The highest BCUT2D eigenvalue weighted by molar-refractivity contribution is 5.76. The minimum absolute atomic E-state index is 0.0438. The molecule has 0 bridgehead atoms. The van der Waals surface area contributed by atoms with Crippen molar-refractivity contribution in [2.24, 2.45) is 0 Å². The summed E-state index contributed by atoms with van der Waals surface area (Å²) in [5, 5.41) is 8.60. The first-order valence-corrected chi connectivity index (χ1v) is 10.5. The molecule has 3 aromatic heterocycles. The van der Waals surface area contributed by atoms with Crippen molar-refractivity contribution in [2.45, 2.75) is 38.3 Å². The molecule has 4 aromatic rings. The van der Waals surface area contributed by atoms with Gasteiger partial charge in [-0.05, 0) is 37.3 Å². The summed E-state index contributed by atoms with van der Waals surface area (Å²) in [5.41, 5.74) is 12.4. The number of hydrogen-bond acceptors (Lipinski definition) is 6. The number of benzene rings is 1. The highest BCUT2D eigenvalue weighted by Crippen LogP contribution is 2.36. The van der Waals surface area contributed by atoms with E-state index in [1.54, 1.807) is 4.68 Å². The minimum atomic E-state index is 0.0438. The Balaban J connectivity index is 1.37. The molecule has 0 radical (unpaired) electrons. The van der Waals surface area contributed by atoms with Crippen LogP contribution in [-0.4, -0.2) is 29.5 Å². The molecule has 2 N–H and O–H groups in total.